The fourth-order valence-electron chi connectivity index (χ4n) is 2.54. The molecule has 0 saturated heterocycles. The number of fused-ring (bicyclic) bond motifs is 1. The zero-order valence-corrected chi connectivity index (χ0v) is 14.3. The van der Waals surface area contributed by atoms with Crippen molar-refractivity contribution in [2.75, 3.05) is 20.8 Å². The van der Waals surface area contributed by atoms with Crippen LogP contribution in [-0.4, -0.2) is 31.7 Å². The van der Waals surface area contributed by atoms with Gasteiger partial charge in [0.15, 0.2) is 0 Å². The van der Waals surface area contributed by atoms with Gasteiger partial charge in [-0.2, -0.15) is 0 Å². The second-order valence-electron chi connectivity index (χ2n) is 5.21. The number of methoxy groups -OCH3 is 2. The van der Waals surface area contributed by atoms with E-state index < -0.39 is 0 Å². The maximum Gasteiger partial charge on any atom is 0.251 e. The van der Waals surface area contributed by atoms with E-state index in [1.165, 1.54) is 11.3 Å². The monoisotopic (exact) mass is 342 g/mol. The summed E-state index contributed by atoms with van der Waals surface area (Å²) < 4.78 is 11.9. The summed E-state index contributed by atoms with van der Waals surface area (Å²) >= 11 is 1.52. The van der Waals surface area contributed by atoms with Gasteiger partial charge in [0.05, 0.1) is 22.8 Å². The molecule has 1 N–H and O–H groups in total. The molecular weight excluding hydrogens is 324 g/mol. The fraction of sp³-hybridized carbons (Fsp3) is 0.222. The topological polar surface area (TPSA) is 60.5 Å². The lowest BCUT2D eigenvalue weighted by molar-refractivity contribution is 0.0819. The van der Waals surface area contributed by atoms with E-state index in [1.54, 1.807) is 25.8 Å². The molecule has 1 aromatic heterocycles. The first-order valence-corrected chi connectivity index (χ1v) is 8.38. The van der Waals surface area contributed by atoms with E-state index in [-0.39, 0.29) is 12.0 Å². The first-order valence-electron chi connectivity index (χ1n) is 7.50. The minimum absolute atomic E-state index is 0.137. The van der Waals surface area contributed by atoms with Gasteiger partial charge in [-0.3, -0.25) is 4.79 Å². The Morgan fingerprint density at radius 2 is 2.08 bits per heavy atom. The SMILES string of the molecule is COc1ccccc1C(CNC(=O)c1ccc2ncsc2c1)OC. The minimum Gasteiger partial charge on any atom is -0.496 e. The molecule has 124 valence electrons. The second kappa shape index (κ2) is 7.42. The van der Waals surface area contributed by atoms with Crippen LogP contribution in [0.3, 0.4) is 0 Å². The predicted octanol–water partition coefficient (Wildman–Crippen LogP) is 3.42. The van der Waals surface area contributed by atoms with E-state index in [0.29, 0.717) is 12.1 Å². The van der Waals surface area contributed by atoms with Crippen LogP contribution in [0.2, 0.25) is 0 Å². The van der Waals surface area contributed by atoms with Gasteiger partial charge in [0.1, 0.15) is 11.9 Å². The molecule has 1 unspecified atom stereocenters. The highest BCUT2D eigenvalue weighted by atomic mass is 32.1. The Labute approximate surface area is 144 Å². The van der Waals surface area contributed by atoms with Crippen molar-refractivity contribution in [2.45, 2.75) is 6.10 Å². The van der Waals surface area contributed by atoms with Crippen molar-refractivity contribution < 1.29 is 14.3 Å². The second-order valence-corrected chi connectivity index (χ2v) is 6.10. The lowest BCUT2D eigenvalue weighted by atomic mass is 10.1. The standard InChI is InChI=1S/C18H18N2O3S/c1-22-15-6-4-3-5-13(15)16(23-2)10-19-18(21)12-7-8-14-17(9-12)24-11-20-14/h3-9,11,16H,10H2,1-2H3,(H,19,21). The smallest absolute Gasteiger partial charge is 0.251 e. The summed E-state index contributed by atoms with van der Waals surface area (Å²) in [4.78, 5) is 16.6. The van der Waals surface area contributed by atoms with Gasteiger partial charge in [-0.1, -0.05) is 18.2 Å². The van der Waals surface area contributed by atoms with Crippen molar-refractivity contribution in [1.82, 2.24) is 10.3 Å². The van der Waals surface area contributed by atoms with Crippen LogP contribution in [0.5, 0.6) is 5.75 Å². The number of carbonyl (C=O) groups excluding carboxylic acids is 1. The molecule has 6 heteroatoms. The first-order chi connectivity index (χ1) is 11.7. The summed E-state index contributed by atoms with van der Waals surface area (Å²) in [5.74, 6) is 0.604. The molecule has 3 aromatic rings. The van der Waals surface area contributed by atoms with Crippen LogP contribution >= 0.6 is 11.3 Å². The van der Waals surface area contributed by atoms with Crippen molar-refractivity contribution in [2.24, 2.45) is 0 Å². The molecule has 0 aliphatic carbocycles. The molecule has 0 fully saturated rings. The largest absolute Gasteiger partial charge is 0.496 e. The number of hydrogen-bond acceptors (Lipinski definition) is 5. The number of nitrogens with zero attached hydrogens (tertiary/aromatic N) is 1. The molecule has 0 spiro atoms. The summed E-state index contributed by atoms with van der Waals surface area (Å²) in [5.41, 5.74) is 4.19. The highest BCUT2D eigenvalue weighted by molar-refractivity contribution is 7.16. The lowest BCUT2D eigenvalue weighted by Gasteiger charge is -2.19. The van der Waals surface area contributed by atoms with E-state index in [9.17, 15) is 4.79 Å². The van der Waals surface area contributed by atoms with E-state index in [1.807, 2.05) is 36.4 Å². The number of ether oxygens (including phenoxy) is 2. The Kier molecular flexibility index (Phi) is 5.08. The molecule has 0 saturated carbocycles. The molecule has 0 aliphatic heterocycles. The molecule has 0 bridgehead atoms. The van der Waals surface area contributed by atoms with E-state index in [2.05, 4.69) is 10.3 Å². The maximum atomic E-state index is 12.4. The first kappa shape index (κ1) is 16.4. The zero-order chi connectivity index (χ0) is 16.9. The quantitative estimate of drug-likeness (QED) is 0.746. The van der Waals surface area contributed by atoms with Gasteiger partial charge in [0, 0.05) is 24.8 Å². The normalized spacial score (nSPS) is 12.1. The van der Waals surface area contributed by atoms with Crippen molar-refractivity contribution in [3.63, 3.8) is 0 Å². The predicted molar refractivity (Wildman–Crippen MR) is 94.7 cm³/mol. The molecule has 5 nitrogen and oxygen atoms in total. The number of thiazole rings is 1. The van der Waals surface area contributed by atoms with Crippen LogP contribution in [-0.2, 0) is 4.74 Å². The Hall–Kier alpha value is -2.44. The van der Waals surface area contributed by atoms with Crippen LogP contribution in [0.25, 0.3) is 10.2 Å². The molecule has 24 heavy (non-hydrogen) atoms. The van der Waals surface area contributed by atoms with Crippen molar-refractivity contribution >= 4 is 27.5 Å². The highest BCUT2D eigenvalue weighted by Gasteiger charge is 2.17. The van der Waals surface area contributed by atoms with Crippen LogP contribution in [0.1, 0.15) is 22.0 Å². The number of benzene rings is 2. The minimum atomic E-state index is -0.280. The number of carbonyl (C=O) groups is 1. The summed E-state index contributed by atoms with van der Waals surface area (Å²) in [5, 5.41) is 2.92. The molecular formula is C18H18N2O3S. The van der Waals surface area contributed by atoms with Crippen molar-refractivity contribution in [1.29, 1.82) is 0 Å². The highest BCUT2D eigenvalue weighted by Crippen LogP contribution is 2.26. The van der Waals surface area contributed by atoms with Crippen molar-refractivity contribution in [3.8, 4) is 5.75 Å². The molecule has 1 heterocycles. The number of rotatable bonds is 6. The van der Waals surface area contributed by atoms with Gasteiger partial charge in [-0.15, -0.1) is 11.3 Å². The lowest BCUT2D eigenvalue weighted by Crippen LogP contribution is -2.29. The molecule has 0 radical (unpaired) electrons. The Balaban J connectivity index is 1.71. The van der Waals surface area contributed by atoms with Crippen LogP contribution in [0.4, 0.5) is 0 Å². The van der Waals surface area contributed by atoms with Crippen LogP contribution in [0.15, 0.2) is 48.0 Å². The molecule has 1 amide bonds. The van der Waals surface area contributed by atoms with Gasteiger partial charge in [-0.05, 0) is 24.3 Å². The maximum absolute atomic E-state index is 12.4. The average molecular weight is 342 g/mol. The van der Waals surface area contributed by atoms with Crippen LogP contribution in [0, 0.1) is 0 Å². The van der Waals surface area contributed by atoms with Gasteiger partial charge < -0.3 is 14.8 Å². The number of para-hydroxylation sites is 1. The summed E-state index contributed by atoms with van der Waals surface area (Å²) in [6.07, 6.45) is -0.280. The fourth-order valence-corrected chi connectivity index (χ4v) is 3.25. The molecule has 1 atom stereocenters. The Bertz CT molecular complexity index is 847. The van der Waals surface area contributed by atoms with E-state index in [0.717, 1.165) is 21.5 Å². The summed E-state index contributed by atoms with van der Waals surface area (Å²) in [6, 6.07) is 13.1. The summed E-state index contributed by atoms with van der Waals surface area (Å²) in [6.45, 7) is 0.358. The number of amides is 1. The zero-order valence-electron chi connectivity index (χ0n) is 13.5. The molecule has 3 rings (SSSR count). The molecule has 0 aliphatic rings. The molecule has 2 aromatic carbocycles. The van der Waals surface area contributed by atoms with Crippen LogP contribution < -0.4 is 10.1 Å². The van der Waals surface area contributed by atoms with E-state index in [4.69, 9.17) is 9.47 Å². The third-order valence-electron chi connectivity index (χ3n) is 3.81. The third kappa shape index (κ3) is 3.39. The van der Waals surface area contributed by atoms with Gasteiger partial charge in [-0.25, -0.2) is 4.98 Å². The number of hydrogen-bond donors (Lipinski definition) is 1. The van der Waals surface area contributed by atoms with Crippen molar-refractivity contribution in [3.05, 3.63) is 59.1 Å². The van der Waals surface area contributed by atoms with Gasteiger partial charge in [0.25, 0.3) is 5.91 Å². The Morgan fingerprint density at radius 3 is 2.88 bits per heavy atom. The number of aromatic nitrogens is 1. The third-order valence-corrected chi connectivity index (χ3v) is 4.60. The Morgan fingerprint density at radius 1 is 1.25 bits per heavy atom. The van der Waals surface area contributed by atoms with Gasteiger partial charge >= 0.3 is 0 Å². The number of nitrogens with one attached hydrogen (secondary N) is 1. The summed E-state index contributed by atoms with van der Waals surface area (Å²) in [7, 11) is 3.24. The van der Waals surface area contributed by atoms with Gasteiger partial charge in [0.2, 0.25) is 0 Å². The average Bonchev–Trinajstić information content (AvgIpc) is 3.10. The van der Waals surface area contributed by atoms with E-state index >= 15 is 0 Å².